The Kier molecular flexibility index (Phi) is 7.96. The SMILES string of the molecule is COc1cccc(OCCOC[C@@H](O)C[NH+]2CCN(c3ccccc3)CC2)c1. The molecule has 0 bridgehead atoms. The predicted octanol–water partition coefficient (Wildman–Crippen LogP) is 0.857. The van der Waals surface area contributed by atoms with Crippen molar-refractivity contribution in [2.24, 2.45) is 0 Å². The van der Waals surface area contributed by atoms with Crippen molar-refractivity contribution in [3.8, 4) is 11.5 Å². The molecule has 152 valence electrons. The van der Waals surface area contributed by atoms with Gasteiger partial charge >= 0.3 is 0 Å². The number of ether oxygens (including phenoxy) is 3. The summed E-state index contributed by atoms with van der Waals surface area (Å²) in [6, 6.07) is 18.0. The van der Waals surface area contributed by atoms with Crippen molar-refractivity contribution in [2.45, 2.75) is 6.10 Å². The molecule has 0 aliphatic carbocycles. The number of aliphatic hydroxyl groups is 1. The molecule has 1 aliphatic heterocycles. The molecular weight excluding hydrogens is 356 g/mol. The van der Waals surface area contributed by atoms with Crippen molar-refractivity contribution in [1.29, 1.82) is 0 Å². The average Bonchev–Trinajstić information content (AvgIpc) is 2.75. The van der Waals surface area contributed by atoms with Gasteiger partial charge in [0.05, 0.1) is 46.5 Å². The maximum Gasteiger partial charge on any atom is 0.126 e. The zero-order chi connectivity index (χ0) is 19.6. The van der Waals surface area contributed by atoms with Gasteiger partial charge in [-0.15, -0.1) is 0 Å². The molecule has 1 heterocycles. The van der Waals surface area contributed by atoms with Gasteiger partial charge in [-0.25, -0.2) is 0 Å². The van der Waals surface area contributed by atoms with E-state index in [1.807, 2.05) is 30.3 Å². The van der Waals surface area contributed by atoms with Gasteiger partial charge in [0.15, 0.2) is 0 Å². The van der Waals surface area contributed by atoms with Crippen molar-refractivity contribution < 1.29 is 24.2 Å². The Morgan fingerprint density at radius 1 is 1.00 bits per heavy atom. The van der Waals surface area contributed by atoms with Crippen LogP contribution >= 0.6 is 0 Å². The molecule has 0 radical (unpaired) electrons. The lowest BCUT2D eigenvalue weighted by molar-refractivity contribution is -0.903. The fourth-order valence-corrected chi connectivity index (χ4v) is 3.45. The molecule has 0 amide bonds. The largest absolute Gasteiger partial charge is 0.497 e. The number of benzene rings is 2. The monoisotopic (exact) mass is 387 g/mol. The molecule has 0 spiro atoms. The maximum absolute atomic E-state index is 10.3. The van der Waals surface area contributed by atoms with Crippen molar-refractivity contribution in [3.05, 3.63) is 54.6 Å². The number of quaternary nitrogens is 1. The third-order valence-corrected chi connectivity index (χ3v) is 4.96. The number of hydrogen-bond acceptors (Lipinski definition) is 5. The molecule has 3 rings (SSSR count). The number of piperazine rings is 1. The lowest BCUT2D eigenvalue weighted by atomic mass is 10.2. The van der Waals surface area contributed by atoms with Gasteiger partial charge in [0.1, 0.15) is 30.8 Å². The normalized spacial score (nSPS) is 16.0. The summed E-state index contributed by atoms with van der Waals surface area (Å²) < 4.78 is 16.4. The number of para-hydroxylation sites is 1. The smallest absolute Gasteiger partial charge is 0.126 e. The van der Waals surface area contributed by atoms with E-state index in [0.717, 1.165) is 44.2 Å². The van der Waals surface area contributed by atoms with Crippen molar-refractivity contribution in [2.75, 3.05) is 64.6 Å². The topological polar surface area (TPSA) is 55.6 Å². The summed E-state index contributed by atoms with van der Waals surface area (Å²) in [4.78, 5) is 3.83. The van der Waals surface area contributed by atoms with Gasteiger partial charge in [0, 0.05) is 11.8 Å². The van der Waals surface area contributed by atoms with E-state index in [1.165, 1.54) is 10.6 Å². The molecule has 6 heteroatoms. The summed E-state index contributed by atoms with van der Waals surface area (Å²) in [7, 11) is 1.63. The van der Waals surface area contributed by atoms with Crippen molar-refractivity contribution >= 4 is 5.69 Å². The Morgan fingerprint density at radius 2 is 1.75 bits per heavy atom. The van der Waals surface area contributed by atoms with Gasteiger partial charge in [-0.2, -0.15) is 0 Å². The van der Waals surface area contributed by atoms with Gasteiger partial charge in [-0.3, -0.25) is 0 Å². The number of methoxy groups -OCH3 is 1. The summed E-state index contributed by atoms with van der Waals surface area (Å²) >= 11 is 0. The van der Waals surface area contributed by atoms with Gasteiger partial charge in [-0.1, -0.05) is 24.3 Å². The van der Waals surface area contributed by atoms with Gasteiger partial charge < -0.3 is 29.1 Å². The van der Waals surface area contributed by atoms with Crippen LogP contribution in [0.3, 0.4) is 0 Å². The molecule has 2 N–H and O–H groups in total. The third-order valence-electron chi connectivity index (χ3n) is 4.96. The molecule has 0 aromatic heterocycles. The number of nitrogens with zero attached hydrogens (tertiary/aromatic N) is 1. The minimum Gasteiger partial charge on any atom is -0.497 e. The minimum absolute atomic E-state index is 0.341. The Bertz CT molecular complexity index is 690. The standard InChI is InChI=1S/C22H30N2O4/c1-26-21-8-5-9-22(16-21)28-15-14-27-18-20(25)17-23-10-12-24(13-11-23)19-6-3-2-4-7-19/h2-9,16,20,25H,10-15,17-18H2,1H3/p+1/t20-/m0/s1. The second-order valence-corrected chi connectivity index (χ2v) is 7.03. The predicted molar refractivity (Wildman–Crippen MR) is 110 cm³/mol. The highest BCUT2D eigenvalue weighted by Crippen LogP contribution is 2.18. The van der Waals surface area contributed by atoms with Crippen LogP contribution in [0.25, 0.3) is 0 Å². The second-order valence-electron chi connectivity index (χ2n) is 7.03. The van der Waals surface area contributed by atoms with Crippen LogP contribution in [0.5, 0.6) is 11.5 Å². The summed E-state index contributed by atoms with van der Waals surface area (Å²) in [6.45, 7) is 6.05. The van der Waals surface area contributed by atoms with Crippen molar-refractivity contribution in [1.82, 2.24) is 0 Å². The van der Waals surface area contributed by atoms with Gasteiger partial charge in [0.2, 0.25) is 0 Å². The number of hydrogen-bond donors (Lipinski definition) is 2. The van der Waals surface area contributed by atoms with Crippen LogP contribution in [0.15, 0.2) is 54.6 Å². The highest BCUT2D eigenvalue weighted by atomic mass is 16.5. The fraction of sp³-hybridized carbons (Fsp3) is 0.455. The maximum atomic E-state index is 10.3. The van der Waals surface area contributed by atoms with E-state index in [9.17, 15) is 5.11 Å². The van der Waals surface area contributed by atoms with E-state index >= 15 is 0 Å². The average molecular weight is 388 g/mol. The Hall–Kier alpha value is -2.28. The minimum atomic E-state index is -0.449. The van der Waals surface area contributed by atoms with E-state index in [2.05, 4.69) is 29.2 Å². The highest BCUT2D eigenvalue weighted by Gasteiger charge is 2.22. The first kappa shape index (κ1) is 20.5. The second kappa shape index (κ2) is 10.9. The molecule has 1 aliphatic rings. The van der Waals surface area contributed by atoms with Crippen LogP contribution in [0.4, 0.5) is 5.69 Å². The van der Waals surface area contributed by atoms with Crippen LogP contribution in [-0.2, 0) is 4.74 Å². The molecule has 2 aromatic carbocycles. The van der Waals surface area contributed by atoms with Crippen LogP contribution in [-0.4, -0.2) is 70.9 Å². The Morgan fingerprint density at radius 3 is 2.50 bits per heavy atom. The molecule has 1 atom stereocenters. The number of rotatable bonds is 10. The summed E-state index contributed by atoms with van der Waals surface area (Å²) in [5.74, 6) is 1.52. The molecule has 6 nitrogen and oxygen atoms in total. The van der Waals surface area contributed by atoms with E-state index in [1.54, 1.807) is 7.11 Å². The summed E-state index contributed by atoms with van der Waals surface area (Å²) in [5, 5.41) is 10.3. The quantitative estimate of drug-likeness (QED) is 0.592. The lowest BCUT2D eigenvalue weighted by Gasteiger charge is -2.34. The van der Waals surface area contributed by atoms with Crippen LogP contribution < -0.4 is 19.3 Å². The first-order valence-corrected chi connectivity index (χ1v) is 9.91. The molecular formula is C22H31N2O4+. The molecule has 0 unspecified atom stereocenters. The number of nitrogens with one attached hydrogen (secondary N) is 1. The fourth-order valence-electron chi connectivity index (χ4n) is 3.45. The highest BCUT2D eigenvalue weighted by molar-refractivity contribution is 5.46. The summed E-state index contributed by atoms with van der Waals surface area (Å²) in [5.41, 5.74) is 1.28. The Balaban J connectivity index is 1.27. The molecule has 1 fully saturated rings. The number of anilines is 1. The van der Waals surface area contributed by atoms with E-state index < -0.39 is 6.10 Å². The van der Waals surface area contributed by atoms with Crippen LogP contribution in [0, 0.1) is 0 Å². The van der Waals surface area contributed by atoms with E-state index in [0.29, 0.717) is 19.8 Å². The zero-order valence-electron chi connectivity index (χ0n) is 16.5. The van der Waals surface area contributed by atoms with Gasteiger partial charge in [0.25, 0.3) is 0 Å². The number of aliphatic hydroxyl groups excluding tert-OH is 1. The van der Waals surface area contributed by atoms with Gasteiger partial charge in [-0.05, 0) is 24.3 Å². The molecule has 2 aromatic rings. The molecule has 1 saturated heterocycles. The molecule has 28 heavy (non-hydrogen) atoms. The van der Waals surface area contributed by atoms with E-state index in [-0.39, 0.29) is 0 Å². The van der Waals surface area contributed by atoms with Crippen molar-refractivity contribution in [3.63, 3.8) is 0 Å². The first-order chi connectivity index (χ1) is 13.7. The lowest BCUT2D eigenvalue weighted by Crippen LogP contribution is -3.16. The van der Waals surface area contributed by atoms with Crippen LogP contribution in [0.2, 0.25) is 0 Å². The molecule has 0 saturated carbocycles. The third kappa shape index (κ3) is 6.41. The Labute approximate surface area is 167 Å². The van der Waals surface area contributed by atoms with E-state index in [4.69, 9.17) is 14.2 Å². The first-order valence-electron chi connectivity index (χ1n) is 9.91. The summed E-state index contributed by atoms with van der Waals surface area (Å²) in [6.07, 6.45) is -0.449. The zero-order valence-corrected chi connectivity index (χ0v) is 16.5. The van der Waals surface area contributed by atoms with Crippen LogP contribution in [0.1, 0.15) is 0 Å².